The molecule has 180 valence electrons. The van der Waals surface area contributed by atoms with Gasteiger partial charge >= 0.3 is 0 Å². The number of rotatable bonds is 4. The lowest BCUT2D eigenvalue weighted by Gasteiger charge is -2.46. The zero-order chi connectivity index (χ0) is 24.7. The Morgan fingerprint density at radius 3 is 2.71 bits per heavy atom. The highest BCUT2D eigenvalue weighted by Gasteiger charge is 2.61. The Bertz CT molecular complexity index is 1170. The number of carbonyl (C=O) groups excluding carboxylic acids is 3. The van der Waals surface area contributed by atoms with Crippen molar-refractivity contribution in [2.45, 2.75) is 69.7 Å². The number of nitrogens with one attached hydrogen (secondary N) is 2. The summed E-state index contributed by atoms with van der Waals surface area (Å²) in [6.45, 7) is 12.0. The van der Waals surface area contributed by atoms with Crippen LogP contribution in [0.25, 0.3) is 6.08 Å². The Kier molecular flexibility index (Phi) is 4.63. The van der Waals surface area contributed by atoms with Crippen LogP contribution in [-0.4, -0.2) is 51.6 Å². The number of aliphatic hydroxyl groups is 1. The summed E-state index contributed by atoms with van der Waals surface area (Å²) >= 11 is 0. The van der Waals surface area contributed by atoms with Gasteiger partial charge in [-0.3, -0.25) is 14.4 Å². The van der Waals surface area contributed by atoms with Gasteiger partial charge in [0.2, 0.25) is 17.5 Å². The van der Waals surface area contributed by atoms with Crippen LogP contribution >= 0.6 is 0 Å². The largest absolute Gasteiger partial charge is 0.483 e. The topological polar surface area (TPSA) is 108 Å². The zero-order valence-electron chi connectivity index (χ0n) is 20.0. The van der Waals surface area contributed by atoms with Gasteiger partial charge in [-0.15, -0.1) is 6.58 Å². The monoisotopic (exact) mass is 465 g/mol. The molecule has 0 saturated carbocycles. The van der Waals surface area contributed by atoms with E-state index in [9.17, 15) is 19.5 Å². The molecule has 8 heteroatoms. The smallest absolute Gasteiger partial charge is 0.274 e. The van der Waals surface area contributed by atoms with E-state index in [1.54, 1.807) is 6.08 Å². The van der Waals surface area contributed by atoms with E-state index in [2.05, 4.69) is 17.2 Å². The van der Waals surface area contributed by atoms with E-state index in [4.69, 9.17) is 4.74 Å². The lowest BCUT2D eigenvalue weighted by Crippen LogP contribution is -2.69. The van der Waals surface area contributed by atoms with Gasteiger partial charge in [-0.1, -0.05) is 26.0 Å². The van der Waals surface area contributed by atoms with Crippen LogP contribution < -0.4 is 15.4 Å². The molecule has 3 atom stereocenters. The number of allylic oxidation sites excluding steroid dienone is 1. The molecule has 3 amide bonds. The van der Waals surface area contributed by atoms with E-state index in [-0.39, 0.29) is 24.7 Å². The normalized spacial score (nSPS) is 31.3. The summed E-state index contributed by atoms with van der Waals surface area (Å²) in [5, 5.41) is 16.5. The van der Waals surface area contributed by atoms with Crippen LogP contribution in [0.2, 0.25) is 0 Å². The van der Waals surface area contributed by atoms with Gasteiger partial charge in [-0.25, -0.2) is 0 Å². The van der Waals surface area contributed by atoms with Gasteiger partial charge in [0.1, 0.15) is 17.4 Å². The van der Waals surface area contributed by atoms with Crippen molar-refractivity contribution in [3.63, 3.8) is 0 Å². The van der Waals surface area contributed by atoms with Crippen LogP contribution in [0.5, 0.6) is 5.75 Å². The molecule has 5 rings (SSSR count). The van der Waals surface area contributed by atoms with Crippen molar-refractivity contribution >= 4 is 29.5 Å². The molecule has 34 heavy (non-hydrogen) atoms. The maximum absolute atomic E-state index is 13.8. The first-order valence-electron chi connectivity index (χ1n) is 11.7. The Morgan fingerprint density at radius 1 is 1.26 bits per heavy atom. The molecule has 0 radical (unpaired) electrons. The average molecular weight is 466 g/mol. The van der Waals surface area contributed by atoms with Crippen LogP contribution in [0.3, 0.4) is 0 Å². The first-order valence-corrected chi connectivity index (χ1v) is 11.7. The van der Waals surface area contributed by atoms with Crippen LogP contribution in [0.4, 0.5) is 5.69 Å². The number of benzene rings is 1. The molecule has 4 heterocycles. The van der Waals surface area contributed by atoms with Crippen molar-refractivity contribution in [2.24, 2.45) is 5.41 Å². The third-order valence-corrected chi connectivity index (χ3v) is 8.02. The molecule has 3 N–H and O–H groups in total. The Morgan fingerprint density at radius 2 is 2.00 bits per heavy atom. The minimum atomic E-state index is -1.81. The number of ether oxygens (including phenoxy) is 1. The number of hydrogen-bond acceptors (Lipinski definition) is 5. The van der Waals surface area contributed by atoms with Gasteiger partial charge in [0.15, 0.2) is 0 Å². The minimum absolute atomic E-state index is 0.0385. The first-order chi connectivity index (χ1) is 15.9. The molecule has 4 aliphatic rings. The molecule has 0 bridgehead atoms. The predicted molar refractivity (Wildman–Crippen MR) is 127 cm³/mol. The zero-order valence-corrected chi connectivity index (χ0v) is 20.0. The van der Waals surface area contributed by atoms with Crippen LogP contribution in [0, 0.1) is 5.41 Å². The summed E-state index contributed by atoms with van der Waals surface area (Å²) in [5.74, 6) is -0.557. The number of fused-ring (bicyclic) bond motifs is 4. The summed E-state index contributed by atoms with van der Waals surface area (Å²) in [4.78, 5) is 41.3. The van der Waals surface area contributed by atoms with E-state index in [1.165, 1.54) is 4.90 Å². The fraction of sp³-hybridized carbons (Fsp3) is 0.500. The number of piperazine rings is 1. The van der Waals surface area contributed by atoms with Crippen molar-refractivity contribution < 1.29 is 24.2 Å². The van der Waals surface area contributed by atoms with Gasteiger partial charge in [-0.05, 0) is 50.5 Å². The maximum Gasteiger partial charge on any atom is 0.274 e. The second-order valence-corrected chi connectivity index (χ2v) is 10.9. The average Bonchev–Trinajstić information content (AvgIpc) is 3.31. The summed E-state index contributed by atoms with van der Waals surface area (Å²) in [5.41, 5.74) is -2.05. The standard InChI is InChI=1S/C26H31N3O5/c1-6-23(2,3)25(14-17-20(30)29-13-7-11-26(29,33)22(32)27-17)16-8-9-18-15(19(16)28-21(25)31)10-12-24(4,5)34-18/h6,8-10,12,17,33H,1,7,11,13-14H2,2-5H3,(H,27,32)(H,28,31)/t17-,25+,26?/m0/s1. The molecular formula is C26H31N3O5. The summed E-state index contributed by atoms with van der Waals surface area (Å²) in [6, 6.07) is 2.77. The van der Waals surface area contributed by atoms with Crippen molar-refractivity contribution in [2.75, 3.05) is 11.9 Å². The molecule has 0 aromatic heterocycles. The number of amides is 3. The Hall–Kier alpha value is -3.13. The summed E-state index contributed by atoms with van der Waals surface area (Å²) in [7, 11) is 0. The Balaban J connectivity index is 1.62. The van der Waals surface area contributed by atoms with E-state index < -0.39 is 34.1 Å². The molecule has 4 aliphatic heterocycles. The molecule has 0 aliphatic carbocycles. The van der Waals surface area contributed by atoms with E-state index in [1.807, 2.05) is 52.0 Å². The third-order valence-electron chi connectivity index (χ3n) is 8.02. The van der Waals surface area contributed by atoms with Gasteiger partial charge in [0, 0.05) is 23.9 Å². The quantitative estimate of drug-likeness (QED) is 0.592. The van der Waals surface area contributed by atoms with Gasteiger partial charge < -0.3 is 25.4 Å². The second kappa shape index (κ2) is 6.95. The van der Waals surface area contributed by atoms with Crippen LogP contribution in [-0.2, 0) is 19.8 Å². The summed E-state index contributed by atoms with van der Waals surface area (Å²) < 4.78 is 6.10. The number of hydrogen-bond donors (Lipinski definition) is 3. The number of anilines is 1. The highest BCUT2D eigenvalue weighted by molar-refractivity contribution is 6.10. The number of nitrogens with zero attached hydrogens (tertiary/aromatic N) is 1. The van der Waals surface area contributed by atoms with Crippen molar-refractivity contribution in [1.29, 1.82) is 0 Å². The third kappa shape index (κ3) is 2.84. The molecule has 0 spiro atoms. The van der Waals surface area contributed by atoms with Gasteiger partial charge in [0.25, 0.3) is 5.91 Å². The van der Waals surface area contributed by atoms with Crippen molar-refractivity contribution in [3.8, 4) is 5.75 Å². The maximum atomic E-state index is 13.8. The SMILES string of the molecule is C=CC(C)(C)[C@@]1(C[C@@H]2NC(=O)C3(O)CCCN3C2=O)C(=O)Nc2c1ccc1c2C=CC(C)(C)O1. The van der Waals surface area contributed by atoms with Crippen molar-refractivity contribution in [3.05, 3.63) is 42.0 Å². The fourth-order valence-corrected chi connectivity index (χ4v) is 5.87. The molecular weight excluding hydrogens is 434 g/mol. The fourth-order valence-electron chi connectivity index (χ4n) is 5.87. The first kappa shape index (κ1) is 22.7. The molecule has 2 saturated heterocycles. The van der Waals surface area contributed by atoms with Crippen molar-refractivity contribution in [1.82, 2.24) is 10.2 Å². The van der Waals surface area contributed by atoms with E-state index >= 15 is 0 Å². The molecule has 2 fully saturated rings. The lowest BCUT2D eigenvalue weighted by atomic mass is 9.59. The molecule has 8 nitrogen and oxygen atoms in total. The predicted octanol–water partition coefficient (Wildman–Crippen LogP) is 2.47. The van der Waals surface area contributed by atoms with E-state index in [0.29, 0.717) is 24.4 Å². The second-order valence-electron chi connectivity index (χ2n) is 10.9. The molecule has 1 aromatic rings. The summed E-state index contributed by atoms with van der Waals surface area (Å²) in [6.07, 6.45) is 6.41. The van der Waals surface area contributed by atoms with Gasteiger partial charge in [0.05, 0.1) is 11.1 Å². The lowest BCUT2D eigenvalue weighted by molar-refractivity contribution is -0.178. The highest BCUT2D eigenvalue weighted by atomic mass is 16.5. The number of carbonyl (C=O) groups is 3. The van der Waals surface area contributed by atoms with Crippen LogP contribution in [0.15, 0.2) is 30.9 Å². The van der Waals surface area contributed by atoms with Crippen LogP contribution in [0.1, 0.15) is 58.1 Å². The Labute approximate surface area is 199 Å². The minimum Gasteiger partial charge on any atom is -0.483 e. The van der Waals surface area contributed by atoms with E-state index in [0.717, 1.165) is 11.1 Å². The van der Waals surface area contributed by atoms with Gasteiger partial charge in [-0.2, -0.15) is 0 Å². The highest BCUT2D eigenvalue weighted by Crippen LogP contribution is 2.56. The molecule has 1 aromatic carbocycles. The molecule has 1 unspecified atom stereocenters.